The molecule has 3 heteroatoms. The lowest BCUT2D eigenvalue weighted by Gasteiger charge is -2.16. The number of benzene rings is 1. The summed E-state index contributed by atoms with van der Waals surface area (Å²) in [5, 5.41) is 3.39. The molecule has 1 saturated carbocycles. The minimum Gasteiger partial charge on any atom is -0.313 e. The first-order valence-corrected chi connectivity index (χ1v) is 6.42. The van der Waals surface area contributed by atoms with Crippen LogP contribution in [0, 0.1) is 5.92 Å². The van der Waals surface area contributed by atoms with Crippen molar-refractivity contribution in [3.8, 4) is 0 Å². The van der Waals surface area contributed by atoms with E-state index in [2.05, 4.69) is 55.4 Å². The van der Waals surface area contributed by atoms with Crippen molar-refractivity contribution in [1.82, 2.24) is 5.32 Å². The summed E-state index contributed by atoms with van der Waals surface area (Å²) in [6.45, 7) is 0. The van der Waals surface area contributed by atoms with E-state index in [4.69, 9.17) is 0 Å². The zero-order valence-electron chi connectivity index (χ0n) is 8.06. The molecule has 1 aromatic carbocycles. The third kappa shape index (κ3) is 2.38. The highest BCUT2D eigenvalue weighted by atomic mass is 79.9. The Morgan fingerprint density at radius 1 is 1.21 bits per heavy atom. The van der Waals surface area contributed by atoms with Crippen molar-refractivity contribution >= 4 is 31.9 Å². The molecule has 0 bridgehead atoms. The van der Waals surface area contributed by atoms with E-state index in [1.807, 2.05) is 7.05 Å². The van der Waals surface area contributed by atoms with E-state index in [1.54, 1.807) is 0 Å². The second-order valence-corrected chi connectivity index (χ2v) is 5.64. The molecule has 1 fully saturated rings. The summed E-state index contributed by atoms with van der Waals surface area (Å²) >= 11 is 7.04. The Hall–Kier alpha value is 0.140. The Kier molecular flexibility index (Phi) is 3.30. The van der Waals surface area contributed by atoms with Crippen LogP contribution in [-0.4, -0.2) is 7.05 Å². The second-order valence-electron chi connectivity index (χ2n) is 3.81. The molecule has 1 atom stereocenters. The molecule has 1 aliphatic rings. The Bertz CT molecular complexity index is 314. The molecule has 76 valence electrons. The molecule has 1 N–H and O–H groups in total. The summed E-state index contributed by atoms with van der Waals surface area (Å²) in [5.74, 6) is 0.834. The molecule has 14 heavy (non-hydrogen) atoms. The molecular weight excluding hydrogens is 306 g/mol. The smallest absolute Gasteiger partial charge is 0.0346 e. The first kappa shape index (κ1) is 10.7. The minimum atomic E-state index is 0.517. The topological polar surface area (TPSA) is 12.0 Å². The molecule has 0 heterocycles. The third-order valence-electron chi connectivity index (χ3n) is 2.65. The number of hydrogen-bond donors (Lipinski definition) is 1. The highest BCUT2D eigenvalue weighted by Crippen LogP contribution is 2.41. The van der Waals surface area contributed by atoms with E-state index < -0.39 is 0 Å². The van der Waals surface area contributed by atoms with Crippen molar-refractivity contribution < 1.29 is 0 Å². The predicted octanol–water partition coefficient (Wildman–Crippen LogP) is 3.88. The minimum absolute atomic E-state index is 0.517. The average molecular weight is 319 g/mol. The maximum atomic E-state index is 3.52. The van der Waals surface area contributed by atoms with Crippen LogP contribution in [0.5, 0.6) is 0 Å². The summed E-state index contributed by atoms with van der Waals surface area (Å²) in [6, 6.07) is 6.99. The molecule has 0 spiro atoms. The van der Waals surface area contributed by atoms with E-state index in [9.17, 15) is 0 Å². The van der Waals surface area contributed by atoms with Crippen LogP contribution in [0.25, 0.3) is 0 Å². The van der Waals surface area contributed by atoms with Gasteiger partial charge in [-0.3, -0.25) is 0 Å². The lowest BCUT2D eigenvalue weighted by Crippen LogP contribution is -2.18. The molecule has 0 aromatic heterocycles. The van der Waals surface area contributed by atoms with Gasteiger partial charge in [0.15, 0.2) is 0 Å². The average Bonchev–Trinajstić information content (AvgIpc) is 2.87. The van der Waals surface area contributed by atoms with Gasteiger partial charge in [-0.2, -0.15) is 0 Å². The van der Waals surface area contributed by atoms with Gasteiger partial charge in [0.05, 0.1) is 0 Å². The number of nitrogens with one attached hydrogen (secondary N) is 1. The molecule has 1 aromatic rings. The van der Waals surface area contributed by atoms with Crippen molar-refractivity contribution in [2.24, 2.45) is 5.92 Å². The van der Waals surface area contributed by atoms with Crippen LogP contribution in [0.3, 0.4) is 0 Å². The van der Waals surface area contributed by atoms with Gasteiger partial charge in [-0.15, -0.1) is 0 Å². The van der Waals surface area contributed by atoms with Crippen molar-refractivity contribution in [2.45, 2.75) is 18.9 Å². The van der Waals surface area contributed by atoms with E-state index in [-0.39, 0.29) is 0 Å². The molecule has 1 unspecified atom stereocenters. The first-order chi connectivity index (χ1) is 6.70. The highest BCUT2D eigenvalue weighted by Gasteiger charge is 2.31. The van der Waals surface area contributed by atoms with E-state index in [0.29, 0.717) is 6.04 Å². The van der Waals surface area contributed by atoms with Crippen molar-refractivity contribution in [3.05, 3.63) is 32.7 Å². The summed E-state index contributed by atoms with van der Waals surface area (Å²) in [5.41, 5.74) is 1.37. The van der Waals surface area contributed by atoms with Crippen molar-refractivity contribution in [3.63, 3.8) is 0 Å². The van der Waals surface area contributed by atoms with Gasteiger partial charge in [-0.05, 0) is 49.6 Å². The Morgan fingerprint density at radius 3 is 2.21 bits per heavy atom. The van der Waals surface area contributed by atoms with Crippen LogP contribution in [-0.2, 0) is 0 Å². The fourth-order valence-electron chi connectivity index (χ4n) is 1.86. The van der Waals surface area contributed by atoms with Crippen LogP contribution in [0.15, 0.2) is 27.1 Å². The fraction of sp³-hybridized carbons (Fsp3) is 0.455. The molecular formula is C11H13Br2N. The zero-order valence-corrected chi connectivity index (χ0v) is 11.2. The van der Waals surface area contributed by atoms with Gasteiger partial charge in [0, 0.05) is 15.0 Å². The molecule has 1 aliphatic carbocycles. The van der Waals surface area contributed by atoms with Crippen LogP contribution in [0.4, 0.5) is 0 Å². The quantitative estimate of drug-likeness (QED) is 0.891. The van der Waals surface area contributed by atoms with Crippen LogP contribution >= 0.6 is 31.9 Å². The standard InChI is InChI=1S/C11H13Br2N/c1-14-11(7-2-3-7)8-4-9(12)6-10(13)5-8/h4-7,11,14H,2-3H2,1H3. The van der Waals surface area contributed by atoms with Crippen LogP contribution < -0.4 is 5.32 Å². The molecule has 0 amide bonds. The van der Waals surface area contributed by atoms with Crippen LogP contribution in [0.2, 0.25) is 0 Å². The van der Waals surface area contributed by atoms with Gasteiger partial charge in [0.25, 0.3) is 0 Å². The summed E-state index contributed by atoms with van der Waals surface area (Å²) in [7, 11) is 2.04. The molecule has 1 nitrogen and oxygen atoms in total. The van der Waals surface area contributed by atoms with E-state index in [0.717, 1.165) is 14.9 Å². The predicted molar refractivity (Wildman–Crippen MR) is 66.4 cm³/mol. The molecule has 0 aliphatic heterocycles. The summed E-state index contributed by atoms with van der Waals surface area (Å²) in [4.78, 5) is 0. The lowest BCUT2D eigenvalue weighted by atomic mass is 10.0. The van der Waals surface area contributed by atoms with Crippen LogP contribution in [0.1, 0.15) is 24.4 Å². The van der Waals surface area contributed by atoms with Gasteiger partial charge < -0.3 is 5.32 Å². The summed E-state index contributed by atoms with van der Waals surface area (Å²) < 4.78 is 2.28. The van der Waals surface area contributed by atoms with Gasteiger partial charge in [0.2, 0.25) is 0 Å². The Morgan fingerprint density at radius 2 is 1.79 bits per heavy atom. The van der Waals surface area contributed by atoms with E-state index in [1.165, 1.54) is 18.4 Å². The van der Waals surface area contributed by atoms with Gasteiger partial charge in [-0.25, -0.2) is 0 Å². The van der Waals surface area contributed by atoms with Gasteiger partial charge in [-0.1, -0.05) is 31.9 Å². The number of halogens is 2. The number of rotatable bonds is 3. The normalized spacial score (nSPS) is 18.2. The zero-order chi connectivity index (χ0) is 10.1. The van der Waals surface area contributed by atoms with Crippen molar-refractivity contribution in [1.29, 1.82) is 0 Å². The monoisotopic (exact) mass is 317 g/mol. The maximum Gasteiger partial charge on any atom is 0.0346 e. The van der Waals surface area contributed by atoms with Gasteiger partial charge in [0.1, 0.15) is 0 Å². The second kappa shape index (κ2) is 4.33. The highest BCUT2D eigenvalue weighted by molar-refractivity contribution is 9.11. The lowest BCUT2D eigenvalue weighted by molar-refractivity contribution is 0.528. The SMILES string of the molecule is CNC(c1cc(Br)cc(Br)c1)C1CC1. The summed E-state index contributed by atoms with van der Waals surface area (Å²) in [6.07, 6.45) is 2.71. The third-order valence-corrected chi connectivity index (χ3v) is 3.56. The fourth-order valence-corrected chi connectivity index (χ4v) is 3.19. The first-order valence-electron chi connectivity index (χ1n) is 4.84. The molecule has 0 saturated heterocycles. The number of hydrogen-bond acceptors (Lipinski definition) is 1. The largest absolute Gasteiger partial charge is 0.313 e. The maximum absolute atomic E-state index is 3.52. The van der Waals surface area contributed by atoms with Crippen molar-refractivity contribution in [2.75, 3.05) is 7.05 Å². The van der Waals surface area contributed by atoms with Gasteiger partial charge >= 0.3 is 0 Å². The Labute approximate surface area is 102 Å². The van der Waals surface area contributed by atoms with E-state index >= 15 is 0 Å². The molecule has 0 radical (unpaired) electrons. The molecule has 2 rings (SSSR count). The Balaban J connectivity index is 2.28.